The molecule has 0 N–H and O–H groups in total. The van der Waals surface area contributed by atoms with E-state index in [2.05, 4.69) is 9.97 Å². The van der Waals surface area contributed by atoms with Crippen LogP contribution in [0.4, 0.5) is 0 Å². The van der Waals surface area contributed by atoms with Gasteiger partial charge in [0.15, 0.2) is 0 Å². The van der Waals surface area contributed by atoms with E-state index in [1.807, 2.05) is 64.1 Å². The van der Waals surface area contributed by atoms with Gasteiger partial charge < -0.3 is 18.8 Å². The lowest BCUT2D eigenvalue weighted by Crippen LogP contribution is -2.41. The second kappa shape index (κ2) is 12.1. The third kappa shape index (κ3) is 6.35. The number of hydrogen-bond donors (Lipinski definition) is 0. The molecule has 1 saturated heterocycles. The van der Waals surface area contributed by atoms with Crippen molar-refractivity contribution in [2.75, 3.05) is 13.2 Å². The fourth-order valence-electron chi connectivity index (χ4n) is 4.56. The van der Waals surface area contributed by atoms with Crippen LogP contribution < -0.4 is 5.46 Å². The van der Waals surface area contributed by atoms with E-state index in [-0.39, 0.29) is 24.6 Å². The number of esters is 2. The zero-order chi connectivity index (χ0) is 30.8. The summed E-state index contributed by atoms with van der Waals surface area (Å²) in [6.45, 7) is 12.1. The fraction of sp³-hybridized carbons (Fsp3) is 0.303. The first-order valence-corrected chi connectivity index (χ1v) is 14.3. The molecule has 0 amide bonds. The van der Waals surface area contributed by atoms with Gasteiger partial charge in [-0.1, -0.05) is 36.4 Å². The van der Waals surface area contributed by atoms with Crippen molar-refractivity contribution < 1.29 is 28.4 Å². The van der Waals surface area contributed by atoms with Crippen molar-refractivity contribution in [3.05, 3.63) is 84.2 Å². The van der Waals surface area contributed by atoms with Crippen LogP contribution in [-0.2, 0) is 18.8 Å². The van der Waals surface area contributed by atoms with E-state index in [0.29, 0.717) is 22.8 Å². The van der Waals surface area contributed by atoms with Crippen molar-refractivity contribution in [3.63, 3.8) is 0 Å². The SMILES string of the molecule is CCOC(=O)c1cccc(-c2cc(-c3ccc(B4OC(C)(C)C(C)(C)O4)cc3)cc(-c3cccc(C(=O)OCC)n3)n2)n1. The average molecular weight is 579 g/mol. The lowest BCUT2D eigenvalue weighted by molar-refractivity contribution is 0.00578. The number of pyridine rings is 3. The Balaban J connectivity index is 1.57. The highest BCUT2D eigenvalue weighted by Gasteiger charge is 2.51. The van der Waals surface area contributed by atoms with Gasteiger partial charge in [0.05, 0.1) is 47.2 Å². The molecule has 9 nitrogen and oxygen atoms in total. The Morgan fingerprint density at radius 1 is 0.651 bits per heavy atom. The first-order valence-electron chi connectivity index (χ1n) is 14.3. The van der Waals surface area contributed by atoms with E-state index >= 15 is 0 Å². The van der Waals surface area contributed by atoms with Crippen molar-refractivity contribution in [2.45, 2.75) is 52.7 Å². The highest BCUT2D eigenvalue weighted by molar-refractivity contribution is 6.62. The molecule has 0 radical (unpaired) electrons. The number of benzene rings is 1. The summed E-state index contributed by atoms with van der Waals surface area (Å²) in [7, 11) is -0.479. The Kier molecular flexibility index (Phi) is 8.44. The van der Waals surface area contributed by atoms with Crippen molar-refractivity contribution in [1.29, 1.82) is 0 Å². The Morgan fingerprint density at radius 2 is 1.12 bits per heavy atom. The van der Waals surface area contributed by atoms with E-state index in [1.165, 1.54) is 0 Å². The first-order chi connectivity index (χ1) is 20.5. The molecular weight excluding hydrogens is 545 g/mol. The summed E-state index contributed by atoms with van der Waals surface area (Å²) < 4.78 is 22.7. The topological polar surface area (TPSA) is 110 Å². The molecule has 0 spiro atoms. The van der Waals surface area contributed by atoms with Gasteiger partial charge in [-0.2, -0.15) is 0 Å². The minimum absolute atomic E-state index is 0.183. The first kappa shape index (κ1) is 30.1. The number of carbonyl (C=O) groups excluding carboxylic acids is 2. The number of ether oxygens (including phenoxy) is 2. The standard InChI is InChI=1S/C33H34BN3O6/c1-7-40-30(38)26-13-9-11-24(35-26)28-19-22(20-29(37-28)25-12-10-14-27(36-25)31(39)41-8-2)21-15-17-23(18-16-21)34-42-32(3,4)33(5,6)43-34/h9-20H,7-8H2,1-6H3. The van der Waals surface area contributed by atoms with Crippen molar-refractivity contribution in [2.24, 2.45) is 0 Å². The zero-order valence-electron chi connectivity index (χ0n) is 25.2. The van der Waals surface area contributed by atoms with Crippen LogP contribution in [0.2, 0.25) is 0 Å². The fourth-order valence-corrected chi connectivity index (χ4v) is 4.56. The van der Waals surface area contributed by atoms with E-state index in [9.17, 15) is 9.59 Å². The molecular formula is C33H34BN3O6. The van der Waals surface area contributed by atoms with E-state index < -0.39 is 30.3 Å². The minimum atomic E-state index is -0.511. The molecule has 1 aliphatic rings. The van der Waals surface area contributed by atoms with Crippen molar-refractivity contribution in [3.8, 4) is 33.9 Å². The van der Waals surface area contributed by atoms with E-state index in [4.69, 9.17) is 23.8 Å². The second-order valence-corrected chi connectivity index (χ2v) is 11.1. The summed E-state index contributed by atoms with van der Waals surface area (Å²) >= 11 is 0. The molecule has 0 aliphatic carbocycles. The number of rotatable bonds is 8. The quantitative estimate of drug-likeness (QED) is 0.197. The molecule has 43 heavy (non-hydrogen) atoms. The molecule has 1 fully saturated rings. The van der Waals surface area contributed by atoms with Crippen molar-refractivity contribution in [1.82, 2.24) is 15.0 Å². The van der Waals surface area contributed by atoms with Gasteiger partial charge >= 0.3 is 19.1 Å². The van der Waals surface area contributed by atoms with Crippen LogP contribution in [-0.4, -0.2) is 58.4 Å². The lowest BCUT2D eigenvalue weighted by Gasteiger charge is -2.32. The van der Waals surface area contributed by atoms with Gasteiger partial charge in [-0.15, -0.1) is 0 Å². The van der Waals surface area contributed by atoms with Crippen LogP contribution in [0, 0.1) is 0 Å². The molecule has 0 bridgehead atoms. The van der Waals surface area contributed by atoms with Gasteiger partial charge in [0.2, 0.25) is 0 Å². The second-order valence-electron chi connectivity index (χ2n) is 11.1. The van der Waals surface area contributed by atoms with Crippen LogP contribution in [0.1, 0.15) is 62.5 Å². The van der Waals surface area contributed by atoms with E-state index in [0.717, 1.165) is 16.6 Å². The molecule has 0 saturated carbocycles. The number of carbonyl (C=O) groups is 2. The summed E-state index contributed by atoms with van der Waals surface area (Å²) in [4.78, 5) is 38.7. The maximum Gasteiger partial charge on any atom is 0.494 e. The molecule has 4 heterocycles. The monoisotopic (exact) mass is 579 g/mol. The Hall–Kier alpha value is -4.41. The highest BCUT2D eigenvalue weighted by Crippen LogP contribution is 2.37. The lowest BCUT2D eigenvalue weighted by atomic mass is 9.78. The zero-order valence-corrected chi connectivity index (χ0v) is 25.2. The van der Waals surface area contributed by atoms with Crippen LogP contribution in [0.25, 0.3) is 33.9 Å². The molecule has 10 heteroatoms. The van der Waals surface area contributed by atoms with Gasteiger partial charge in [-0.3, -0.25) is 0 Å². The molecule has 4 aromatic rings. The number of aromatic nitrogens is 3. The minimum Gasteiger partial charge on any atom is -0.461 e. The summed E-state index contributed by atoms with van der Waals surface area (Å²) in [5.74, 6) is -1.02. The maximum absolute atomic E-state index is 12.4. The Bertz CT molecular complexity index is 1560. The third-order valence-electron chi connectivity index (χ3n) is 7.59. The van der Waals surface area contributed by atoms with Gasteiger partial charge in [-0.25, -0.2) is 24.5 Å². The van der Waals surface area contributed by atoms with Crippen LogP contribution in [0.15, 0.2) is 72.8 Å². The van der Waals surface area contributed by atoms with Gasteiger partial charge in [0.25, 0.3) is 0 Å². The van der Waals surface area contributed by atoms with Gasteiger partial charge in [0, 0.05) is 0 Å². The smallest absolute Gasteiger partial charge is 0.461 e. The molecule has 1 aliphatic heterocycles. The third-order valence-corrected chi connectivity index (χ3v) is 7.59. The predicted octanol–water partition coefficient (Wildman–Crippen LogP) is 5.53. The molecule has 1 aromatic carbocycles. The molecule has 5 rings (SSSR count). The molecule has 3 aromatic heterocycles. The largest absolute Gasteiger partial charge is 0.494 e. The van der Waals surface area contributed by atoms with Gasteiger partial charge in [-0.05, 0) is 94.5 Å². The van der Waals surface area contributed by atoms with Gasteiger partial charge in [0.1, 0.15) is 11.4 Å². The van der Waals surface area contributed by atoms with Crippen LogP contribution in [0.3, 0.4) is 0 Å². The molecule has 0 atom stereocenters. The number of nitrogens with zero attached hydrogens (tertiary/aromatic N) is 3. The van der Waals surface area contributed by atoms with E-state index in [1.54, 1.807) is 50.2 Å². The molecule has 0 unspecified atom stereocenters. The normalized spacial score (nSPS) is 15.3. The predicted molar refractivity (Wildman–Crippen MR) is 164 cm³/mol. The number of hydrogen-bond acceptors (Lipinski definition) is 9. The average Bonchev–Trinajstić information content (AvgIpc) is 3.23. The Morgan fingerprint density at radius 3 is 1.56 bits per heavy atom. The van der Waals surface area contributed by atoms with Crippen LogP contribution >= 0.6 is 0 Å². The maximum atomic E-state index is 12.4. The Labute approximate surface area is 251 Å². The van der Waals surface area contributed by atoms with Crippen molar-refractivity contribution >= 4 is 24.5 Å². The molecule has 220 valence electrons. The summed E-state index contributed by atoms with van der Waals surface area (Å²) in [5.41, 5.74) is 4.17. The van der Waals surface area contributed by atoms with Crippen LogP contribution in [0.5, 0.6) is 0 Å². The summed E-state index contributed by atoms with van der Waals surface area (Å²) in [6.07, 6.45) is 0. The summed E-state index contributed by atoms with van der Waals surface area (Å²) in [5, 5.41) is 0. The highest BCUT2D eigenvalue weighted by atomic mass is 16.7. The summed E-state index contributed by atoms with van der Waals surface area (Å²) in [6, 6.07) is 22.0.